The van der Waals surface area contributed by atoms with Crippen molar-refractivity contribution in [1.29, 1.82) is 0 Å². The molecule has 3 aromatic rings. The van der Waals surface area contributed by atoms with Crippen molar-refractivity contribution < 1.29 is 4.74 Å². The van der Waals surface area contributed by atoms with Crippen molar-refractivity contribution in [2.24, 2.45) is 0 Å². The first-order chi connectivity index (χ1) is 12.9. The van der Waals surface area contributed by atoms with E-state index in [1.54, 1.807) is 6.20 Å². The number of piperidine rings is 1. The monoisotopic (exact) mass is 346 g/mol. The summed E-state index contributed by atoms with van der Waals surface area (Å²) in [4.78, 5) is 6.58. The topological polar surface area (TPSA) is 51.1 Å². The highest BCUT2D eigenvalue weighted by molar-refractivity contribution is 5.59. The zero-order chi connectivity index (χ0) is 17.6. The highest BCUT2D eigenvalue weighted by atomic mass is 16.5. The van der Waals surface area contributed by atoms with E-state index in [0.717, 1.165) is 48.7 Å². The molecule has 0 aliphatic carbocycles. The molecule has 1 aliphatic heterocycles. The Morgan fingerprint density at radius 1 is 0.962 bits per heavy atom. The number of anilines is 1. The van der Waals surface area contributed by atoms with Gasteiger partial charge in [-0.05, 0) is 37.1 Å². The van der Waals surface area contributed by atoms with Crippen molar-refractivity contribution in [2.75, 3.05) is 18.0 Å². The molecule has 26 heavy (non-hydrogen) atoms. The van der Waals surface area contributed by atoms with Gasteiger partial charge in [-0.1, -0.05) is 36.4 Å². The van der Waals surface area contributed by atoms with Gasteiger partial charge in [0.1, 0.15) is 0 Å². The van der Waals surface area contributed by atoms with Crippen molar-refractivity contribution in [1.82, 2.24) is 15.2 Å². The molecule has 2 aromatic heterocycles. The molecule has 1 atom stereocenters. The van der Waals surface area contributed by atoms with Crippen LogP contribution in [0.2, 0.25) is 0 Å². The molecule has 0 amide bonds. The largest absolute Gasteiger partial charge is 0.370 e. The molecular weight excluding hydrogens is 324 g/mol. The smallest absolute Gasteiger partial charge is 0.151 e. The van der Waals surface area contributed by atoms with Crippen LogP contribution in [0, 0.1) is 0 Å². The van der Waals surface area contributed by atoms with Crippen LogP contribution in [-0.2, 0) is 11.3 Å². The number of benzene rings is 1. The van der Waals surface area contributed by atoms with E-state index in [0.29, 0.717) is 6.61 Å². The number of rotatable bonds is 5. The van der Waals surface area contributed by atoms with Gasteiger partial charge in [0, 0.05) is 24.8 Å². The third-order valence-electron chi connectivity index (χ3n) is 4.62. The van der Waals surface area contributed by atoms with Gasteiger partial charge in [0.25, 0.3) is 0 Å². The Kier molecular flexibility index (Phi) is 5.17. The lowest BCUT2D eigenvalue weighted by atomic mass is 10.1. The van der Waals surface area contributed by atoms with Crippen molar-refractivity contribution in [3.63, 3.8) is 0 Å². The second kappa shape index (κ2) is 8.06. The number of hydrogen-bond acceptors (Lipinski definition) is 5. The van der Waals surface area contributed by atoms with Gasteiger partial charge in [-0.25, -0.2) is 0 Å². The predicted molar refractivity (Wildman–Crippen MR) is 102 cm³/mol. The summed E-state index contributed by atoms with van der Waals surface area (Å²) in [6.45, 7) is 2.38. The molecule has 0 saturated carbocycles. The molecule has 3 heterocycles. The van der Waals surface area contributed by atoms with Crippen LogP contribution in [-0.4, -0.2) is 34.4 Å². The molecule has 0 spiro atoms. The van der Waals surface area contributed by atoms with E-state index in [2.05, 4.69) is 26.1 Å². The molecule has 1 fully saturated rings. The normalized spacial score (nSPS) is 17.2. The molecule has 0 bridgehead atoms. The summed E-state index contributed by atoms with van der Waals surface area (Å²) in [6.07, 6.45) is 4.16. The quantitative estimate of drug-likeness (QED) is 0.705. The van der Waals surface area contributed by atoms with Gasteiger partial charge >= 0.3 is 0 Å². The number of hydrogen-bond donors (Lipinski definition) is 0. The van der Waals surface area contributed by atoms with Crippen LogP contribution < -0.4 is 4.90 Å². The molecule has 0 unspecified atom stereocenters. The summed E-state index contributed by atoms with van der Waals surface area (Å²) in [7, 11) is 0. The lowest BCUT2D eigenvalue weighted by molar-refractivity contribution is 0.0297. The van der Waals surface area contributed by atoms with E-state index in [4.69, 9.17) is 4.74 Å². The van der Waals surface area contributed by atoms with Crippen molar-refractivity contribution >= 4 is 5.82 Å². The average Bonchev–Trinajstić information content (AvgIpc) is 2.74. The summed E-state index contributed by atoms with van der Waals surface area (Å²) in [6, 6.07) is 20.1. The second-order valence-electron chi connectivity index (χ2n) is 6.49. The third-order valence-corrected chi connectivity index (χ3v) is 4.62. The average molecular weight is 346 g/mol. The molecule has 132 valence electrons. The minimum Gasteiger partial charge on any atom is -0.370 e. The van der Waals surface area contributed by atoms with Gasteiger partial charge < -0.3 is 9.64 Å². The summed E-state index contributed by atoms with van der Waals surface area (Å²) in [5.74, 6) is 0.913. The molecule has 0 radical (unpaired) electrons. The maximum Gasteiger partial charge on any atom is 0.151 e. The Hall–Kier alpha value is -2.79. The molecular formula is C21H22N4O. The standard InChI is InChI=1S/C21H22N4O/c1-2-7-17(8-3-1)20-11-12-21(24-23-20)25-14-6-10-19(15-25)26-16-18-9-4-5-13-22-18/h1-5,7-9,11-13,19H,6,10,14-16H2/t19-/m0/s1. The summed E-state index contributed by atoms with van der Waals surface area (Å²) in [5, 5.41) is 8.84. The van der Waals surface area contributed by atoms with Gasteiger partial charge in [0.15, 0.2) is 5.82 Å². The Bertz CT molecular complexity index is 808. The van der Waals surface area contributed by atoms with Crippen LogP contribution in [0.1, 0.15) is 18.5 Å². The van der Waals surface area contributed by atoms with E-state index in [1.807, 2.05) is 54.6 Å². The SMILES string of the molecule is c1ccc(-c2ccc(N3CCC[C@H](OCc4ccccn4)C3)nn2)cc1. The highest BCUT2D eigenvalue weighted by Crippen LogP contribution is 2.22. The van der Waals surface area contributed by atoms with Gasteiger partial charge in [-0.15, -0.1) is 10.2 Å². The van der Waals surface area contributed by atoms with E-state index < -0.39 is 0 Å². The van der Waals surface area contributed by atoms with E-state index in [9.17, 15) is 0 Å². The zero-order valence-corrected chi connectivity index (χ0v) is 14.7. The van der Waals surface area contributed by atoms with Crippen molar-refractivity contribution in [2.45, 2.75) is 25.6 Å². The Balaban J connectivity index is 1.38. The maximum atomic E-state index is 6.06. The van der Waals surface area contributed by atoms with Crippen LogP contribution in [0.5, 0.6) is 0 Å². The first-order valence-corrected chi connectivity index (χ1v) is 9.04. The lowest BCUT2D eigenvalue weighted by Crippen LogP contribution is -2.40. The fourth-order valence-electron chi connectivity index (χ4n) is 3.23. The number of ether oxygens (including phenoxy) is 1. The minimum absolute atomic E-state index is 0.196. The molecule has 1 aliphatic rings. The second-order valence-corrected chi connectivity index (χ2v) is 6.49. The van der Waals surface area contributed by atoms with Crippen LogP contribution in [0.15, 0.2) is 66.9 Å². The lowest BCUT2D eigenvalue weighted by Gasteiger charge is -2.33. The van der Waals surface area contributed by atoms with Gasteiger partial charge in [0.2, 0.25) is 0 Å². The van der Waals surface area contributed by atoms with Gasteiger partial charge in [0.05, 0.1) is 24.1 Å². The molecule has 5 nitrogen and oxygen atoms in total. The van der Waals surface area contributed by atoms with Crippen molar-refractivity contribution in [3.05, 3.63) is 72.6 Å². The van der Waals surface area contributed by atoms with E-state index >= 15 is 0 Å². The first kappa shape index (κ1) is 16.7. The van der Waals surface area contributed by atoms with Crippen LogP contribution >= 0.6 is 0 Å². The maximum absolute atomic E-state index is 6.06. The summed E-state index contributed by atoms with van der Waals surface area (Å²) in [5.41, 5.74) is 2.95. The molecule has 0 N–H and O–H groups in total. The third kappa shape index (κ3) is 4.06. The van der Waals surface area contributed by atoms with E-state index in [1.165, 1.54) is 0 Å². The molecule has 1 saturated heterocycles. The van der Waals surface area contributed by atoms with Crippen LogP contribution in [0.3, 0.4) is 0 Å². The summed E-state index contributed by atoms with van der Waals surface area (Å²) >= 11 is 0. The van der Waals surface area contributed by atoms with E-state index in [-0.39, 0.29) is 6.10 Å². The number of aromatic nitrogens is 3. The molecule has 4 rings (SSSR count). The summed E-state index contributed by atoms with van der Waals surface area (Å²) < 4.78 is 6.06. The molecule has 1 aromatic carbocycles. The van der Waals surface area contributed by atoms with Gasteiger partial charge in [-0.2, -0.15) is 0 Å². The van der Waals surface area contributed by atoms with Gasteiger partial charge in [-0.3, -0.25) is 4.98 Å². The molecule has 5 heteroatoms. The zero-order valence-electron chi connectivity index (χ0n) is 14.7. The number of nitrogens with zero attached hydrogens (tertiary/aromatic N) is 4. The fourth-order valence-corrected chi connectivity index (χ4v) is 3.23. The Morgan fingerprint density at radius 2 is 1.85 bits per heavy atom. The predicted octanol–water partition coefficient (Wildman–Crippen LogP) is 3.72. The Morgan fingerprint density at radius 3 is 2.62 bits per heavy atom. The number of pyridine rings is 1. The Labute approximate surface area is 153 Å². The van der Waals surface area contributed by atoms with Crippen molar-refractivity contribution in [3.8, 4) is 11.3 Å². The van der Waals surface area contributed by atoms with Crippen LogP contribution in [0.4, 0.5) is 5.82 Å². The first-order valence-electron chi connectivity index (χ1n) is 9.04. The minimum atomic E-state index is 0.196. The highest BCUT2D eigenvalue weighted by Gasteiger charge is 2.22. The fraction of sp³-hybridized carbons (Fsp3) is 0.286. The van der Waals surface area contributed by atoms with Crippen LogP contribution in [0.25, 0.3) is 11.3 Å².